The van der Waals surface area contributed by atoms with Crippen molar-refractivity contribution in [2.45, 2.75) is 0 Å². The predicted molar refractivity (Wildman–Crippen MR) is 229 cm³/mol. The van der Waals surface area contributed by atoms with Crippen molar-refractivity contribution in [3.05, 3.63) is 201 Å². The maximum atomic E-state index is 6.62. The zero-order chi connectivity index (χ0) is 39.4. The van der Waals surface area contributed by atoms with E-state index in [0.29, 0.717) is 52.2 Å². The molecule has 4 heterocycles. The first-order valence-corrected chi connectivity index (χ1v) is 19.0. The molecule has 0 saturated carbocycles. The highest BCUT2D eigenvalue weighted by Crippen LogP contribution is 2.40. The molecule has 9 heteroatoms. The van der Waals surface area contributed by atoms with Gasteiger partial charge in [0.15, 0.2) is 0 Å². The fourth-order valence-corrected chi connectivity index (χ4v) is 7.03. The average Bonchev–Trinajstić information content (AvgIpc) is 3.60. The number of hydrogen-bond donors (Lipinski definition) is 0. The second kappa shape index (κ2) is 15.7. The van der Waals surface area contributed by atoms with Crippen molar-refractivity contribution in [3.63, 3.8) is 0 Å². The topological polar surface area (TPSA) is 93.4 Å². The summed E-state index contributed by atoms with van der Waals surface area (Å²) in [6.07, 6.45) is 6.87. The van der Waals surface area contributed by atoms with Gasteiger partial charge in [-0.05, 0) is 89.0 Å². The van der Waals surface area contributed by atoms with Crippen LogP contribution in [-0.2, 0) is 0 Å². The van der Waals surface area contributed by atoms with E-state index in [4.69, 9.17) is 18.9 Å². The highest BCUT2D eigenvalue weighted by Gasteiger charge is 2.18. The molecular weight excluding hydrogens is 735 g/mol. The quantitative estimate of drug-likeness (QED) is 0.128. The van der Waals surface area contributed by atoms with Gasteiger partial charge in [-0.3, -0.25) is 4.57 Å². The van der Waals surface area contributed by atoms with Crippen LogP contribution in [0.1, 0.15) is 0 Å². The molecule has 0 saturated heterocycles. The van der Waals surface area contributed by atoms with Gasteiger partial charge in [0, 0.05) is 72.0 Å². The van der Waals surface area contributed by atoms with Crippen LogP contribution in [0.2, 0.25) is 0 Å². The summed E-state index contributed by atoms with van der Waals surface area (Å²) in [6, 6.07) is 56.9. The van der Waals surface area contributed by atoms with Gasteiger partial charge < -0.3 is 18.9 Å². The minimum Gasteiger partial charge on any atom is -0.457 e. The van der Waals surface area contributed by atoms with E-state index in [-0.39, 0.29) is 0 Å². The van der Waals surface area contributed by atoms with Gasteiger partial charge >= 0.3 is 0 Å². The first-order valence-electron chi connectivity index (χ1n) is 19.0. The molecule has 9 nitrogen and oxygen atoms in total. The number of fused-ring (bicyclic) bond motifs is 3. The smallest absolute Gasteiger partial charge is 0.234 e. The first-order chi connectivity index (χ1) is 29.2. The van der Waals surface area contributed by atoms with Crippen LogP contribution in [0.4, 0.5) is 0 Å². The zero-order valence-corrected chi connectivity index (χ0v) is 31.4. The van der Waals surface area contributed by atoms with Gasteiger partial charge in [0.2, 0.25) is 17.7 Å². The third-order valence-corrected chi connectivity index (χ3v) is 9.63. The summed E-state index contributed by atoms with van der Waals surface area (Å²) in [5.74, 6) is 5.16. The van der Waals surface area contributed by atoms with Crippen LogP contribution in [0.3, 0.4) is 0 Å². The van der Waals surface area contributed by atoms with E-state index in [9.17, 15) is 0 Å². The third kappa shape index (κ3) is 7.64. The van der Waals surface area contributed by atoms with E-state index >= 15 is 0 Å². The Morgan fingerprint density at radius 1 is 0.305 bits per heavy atom. The second-order valence-corrected chi connectivity index (χ2v) is 13.6. The molecule has 59 heavy (non-hydrogen) atoms. The number of nitrogens with zero attached hydrogens (tertiary/aromatic N) is 5. The first kappa shape index (κ1) is 35.1. The summed E-state index contributed by atoms with van der Waals surface area (Å²) >= 11 is 0. The van der Waals surface area contributed by atoms with Crippen molar-refractivity contribution >= 4 is 21.8 Å². The number of pyridine rings is 2. The van der Waals surface area contributed by atoms with Crippen LogP contribution in [-0.4, -0.2) is 24.5 Å². The molecule has 4 aromatic heterocycles. The van der Waals surface area contributed by atoms with Crippen molar-refractivity contribution < 1.29 is 18.9 Å². The molecule has 10 rings (SSSR count). The lowest BCUT2D eigenvalue weighted by Gasteiger charge is -2.13. The molecule has 0 aliphatic heterocycles. The fraction of sp³-hybridized carbons (Fsp3) is 0. The largest absolute Gasteiger partial charge is 0.457 e. The van der Waals surface area contributed by atoms with E-state index in [2.05, 4.69) is 56.3 Å². The molecule has 0 N–H and O–H groups in total. The van der Waals surface area contributed by atoms with Crippen LogP contribution in [0.15, 0.2) is 201 Å². The van der Waals surface area contributed by atoms with Gasteiger partial charge in [-0.15, -0.1) is 0 Å². The van der Waals surface area contributed by atoms with Gasteiger partial charge in [0.05, 0.1) is 11.0 Å². The molecule has 6 aromatic carbocycles. The lowest BCUT2D eigenvalue weighted by Crippen LogP contribution is -2.00. The molecule has 282 valence electrons. The number of aromatic nitrogens is 5. The van der Waals surface area contributed by atoms with Crippen molar-refractivity contribution in [3.8, 4) is 74.5 Å². The van der Waals surface area contributed by atoms with Crippen molar-refractivity contribution in [2.75, 3.05) is 0 Å². The van der Waals surface area contributed by atoms with E-state index < -0.39 is 0 Å². The molecule has 0 bridgehead atoms. The van der Waals surface area contributed by atoms with Crippen molar-refractivity contribution in [1.82, 2.24) is 24.5 Å². The lowest BCUT2D eigenvalue weighted by molar-refractivity contribution is 0.449. The number of rotatable bonds is 11. The Hall–Kier alpha value is -8.30. The fourth-order valence-electron chi connectivity index (χ4n) is 7.03. The van der Waals surface area contributed by atoms with Crippen LogP contribution in [0.5, 0.6) is 46.3 Å². The molecular formula is C50H33N5O4. The molecule has 0 unspecified atom stereocenters. The molecule has 0 radical (unpaired) electrons. The van der Waals surface area contributed by atoms with Gasteiger partial charge in [-0.1, -0.05) is 72.8 Å². The zero-order valence-electron chi connectivity index (χ0n) is 31.4. The molecule has 0 fully saturated rings. The van der Waals surface area contributed by atoms with E-state index in [1.54, 1.807) is 30.9 Å². The van der Waals surface area contributed by atoms with E-state index in [1.165, 1.54) is 0 Å². The Morgan fingerprint density at radius 2 is 0.729 bits per heavy atom. The summed E-state index contributed by atoms with van der Waals surface area (Å²) in [5, 5.41) is 2.00. The number of hydrogen-bond acceptors (Lipinski definition) is 8. The van der Waals surface area contributed by atoms with Gasteiger partial charge in [0.25, 0.3) is 0 Å². The highest BCUT2D eigenvalue weighted by molar-refractivity contribution is 6.09. The summed E-state index contributed by atoms with van der Waals surface area (Å²) < 4.78 is 27.6. The predicted octanol–water partition coefficient (Wildman–Crippen LogP) is 12.9. The number of ether oxygens (including phenoxy) is 4. The molecule has 0 atom stereocenters. The highest BCUT2D eigenvalue weighted by atomic mass is 16.5. The Kier molecular flexibility index (Phi) is 9.34. The molecule has 0 aliphatic carbocycles. The molecule has 0 amide bonds. The van der Waals surface area contributed by atoms with E-state index in [0.717, 1.165) is 44.1 Å². The van der Waals surface area contributed by atoms with Crippen LogP contribution < -0.4 is 18.9 Å². The summed E-state index contributed by atoms with van der Waals surface area (Å²) in [5.41, 5.74) is 5.67. The maximum Gasteiger partial charge on any atom is 0.234 e. The third-order valence-electron chi connectivity index (χ3n) is 9.63. The summed E-state index contributed by atoms with van der Waals surface area (Å²) in [7, 11) is 0. The molecule has 10 aromatic rings. The van der Waals surface area contributed by atoms with Gasteiger partial charge in [0.1, 0.15) is 34.5 Å². The minimum absolute atomic E-state index is 0.489. The van der Waals surface area contributed by atoms with E-state index in [1.807, 2.05) is 138 Å². The maximum absolute atomic E-state index is 6.62. The standard InChI is InChI=1S/C50H33N5O4/c1-3-12-34(13-4-1)36-26-40(30-42(28-36)58-48-16-7-9-22-51-48)56-38-18-20-44-45-21-19-39(33-47(45)55(46(44)32-38)50-53-24-11-25-54-50)57-41-27-37(35-14-5-2-6-15-35)29-43(31-41)59-49-17-8-10-23-52-49/h1-33H. The summed E-state index contributed by atoms with van der Waals surface area (Å²) in [4.78, 5) is 18.0. The summed E-state index contributed by atoms with van der Waals surface area (Å²) in [6.45, 7) is 0. The Labute approximate surface area is 339 Å². The van der Waals surface area contributed by atoms with Crippen LogP contribution in [0.25, 0.3) is 50.0 Å². The Morgan fingerprint density at radius 3 is 1.17 bits per heavy atom. The Bertz CT molecular complexity index is 2850. The average molecular weight is 768 g/mol. The van der Waals surface area contributed by atoms with Crippen LogP contribution in [0, 0.1) is 0 Å². The van der Waals surface area contributed by atoms with Gasteiger partial charge in [-0.25, -0.2) is 19.9 Å². The van der Waals surface area contributed by atoms with Gasteiger partial charge in [-0.2, -0.15) is 0 Å². The SMILES string of the molecule is c1ccc(-c2cc(Oc3ccc4c5ccc(Oc6cc(Oc7ccccn7)cc(-c7ccccc7)c6)cc5n(-c5ncccn5)c4c3)cc(Oc3ccccn3)c2)cc1. The minimum atomic E-state index is 0.489. The molecule has 0 aliphatic rings. The van der Waals surface area contributed by atoms with Crippen molar-refractivity contribution in [1.29, 1.82) is 0 Å². The van der Waals surface area contributed by atoms with Crippen LogP contribution >= 0.6 is 0 Å². The lowest BCUT2D eigenvalue weighted by atomic mass is 10.1. The second-order valence-electron chi connectivity index (χ2n) is 13.6. The monoisotopic (exact) mass is 767 g/mol. The normalized spacial score (nSPS) is 11.1. The number of benzene rings is 6. The molecule has 0 spiro atoms. The van der Waals surface area contributed by atoms with Crippen molar-refractivity contribution in [2.24, 2.45) is 0 Å². The Balaban J connectivity index is 1.04.